The Labute approximate surface area is 157 Å². The molecule has 0 aliphatic heterocycles. The Kier molecular flexibility index (Phi) is 5.74. The lowest BCUT2D eigenvalue weighted by Gasteiger charge is -2.30. The summed E-state index contributed by atoms with van der Waals surface area (Å²) in [5.74, 6) is -0.933. The molecule has 0 heterocycles. The lowest BCUT2D eigenvalue weighted by atomic mass is 9.86. The first kappa shape index (κ1) is 20.0. The average Bonchev–Trinajstić information content (AvgIpc) is 2.47. The van der Waals surface area contributed by atoms with Gasteiger partial charge in [0.05, 0.1) is 6.42 Å². The number of carbonyl (C=O) groups is 1. The van der Waals surface area contributed by atoms with E-state index in [9.17, 15) is 23.1 Å². The first-order valence-electron chi connectivity index (χ1n) is 6.84. The smallest absolute Gasteiger partial charge is 0.376 e. The second-order valence-electron chi connectivity index (χ2n) is 5.42. The van der Waals surface area contributed by atoms with Crippen LogP contribution in [0.2, 0.25) is 15.1 Å². The van der Waals surface area contributed by atoms with Gasteiger partial charge in [-0.2, -0.15) is 13.2 Å². The minimum atomic E-state index is -5.13. The number of Topliss-reactive ketones (excluding diaryl/α,β-unsaturated/α-hetero) is 1. The lowest BCUT2D eigenvalue weighted by molar-refractivity contribution is -0.264. The van der Waals surface area contributed by atoms with Crippen LogP contribution in [0.1, 0.15) is 27.9 Å². The number of halogens is 6. The highest BCUT2D eigenvalue weighted by Crippen LogP contribution is 2.43. The third-order valence-electron chi connectivity index (χ3n) is 3.59. The van der Waals surface area contributed by atoms with E-state index in [4.69, 9.17) is 34.8 Å². The van der Waals surface area contributed by atoms with E-state index in [1.54, 1.807) is 0 Å². The minimum absolute atomic E-state index is 0.0507. The van der Waals surface area contributed by atoms with Crippen molar-refractivity contribution >= 4 is 40.6 Å². The van der Waals surface area contributed by atoms with Crippen LogP contribution in [0, 0.1) is 6.92 Å². The Hall–Kier alpha value is -1.27. The van der Waals surface area contributed by atoms with Crippen molar-refractivity contribution in [3.8, 4) is 0 Å². The molecule has 0 aliphatic carbocycles. The third kappa shape index (κ3) is 4.29. The van der Waals surface area contributed by atoms with E-state index < -0.39 is 29.5 Å². The molecule has 8 heteroatoms. The standard InChI is InChI=1S/C17H11Cl3F3O2/c1-9-4-10(2-3-14(9)20)15(24)8-16(25,17(21,22)23)11-5-12(18)7-13(19)6-11/h2-7,25H,1,8H2. The number of ketones is 1. The Morgan fingerprint density at radius 2 is 1.60 bits per heavy atom. The van der Waals surface area contributed by atoms with Crippen LogP contribution < -0.4 is 0 Å². The maximum Gasteiger partial charge on any atom is 0.421 e. The number of benzene rings is 2. The van der Waals surface area contributed by atoms with Crippen LogP contribution in [-0.2, 0) is 5.60 Å². The van der Waals surface area contributed by atoms with Gasteiger partial charge in [-0.15, -0.1) is 0 Å². The molecule has 2 nitrogen and oxygen atoms in total. The summed E-state index contributed by atoms with van der Waals surface area (Å²) >= 11 is 17.2. The van der Waals surface area contributed by atoms with Crippen LogP contribution >= 0.6 is 34.8 Å². The molecule has 133 valence electrons. The average molecular weight is 411 g/mol. The molecule has 0 fully saturated rings. The SMILES string of the molecule is [CH2]c1cc(C(=O)CC(O)(c2cc(Cl)cc(Cl)c2)C(F)(F)F)ccc1Cl. The van der Waals surface area contributed by atoms with Crippen molar-refractivity contribution in [2.45, 2.75) is 18.2 Å². The van der Waals surface area contributed by atoms with Crippen LogP contribution in [0.4, 0.5) is 13.2 Å². The third-order valence-corrected chi connectivity index (χ3v) is 4.40. The van der Waals surface area contributed by atoms with Crippen molar-refractivity contribution in [1.29, 1.82) is 0 Å². The van der Waals surface area contributed by atoms with Crippen molar-refractivity contribution in [1.82, 2.24) is 0 Å². The van der Waals surface area contributed by atoms with Crippen molar-refractivity contribution < 1.29 is 23.1 Å². The summed E-state index contributed by atoms with van der Waals surface area (Å²) < 4.78 is 40.7. The molecule has 2 aromatic carbocycles. The Balaban J connectivity index is 2.47. The molecule has 1 N–H and O–H groups in total. The Morgan fingerprint density at radius 3 is 2.08 bits per heavy atom. The largest absolute Gasteiger partial charge is 0.421 e. The molecule has 2 rings (SSSR count). The van der Waals surface area contributed by atoms with Gasteiger partial charge in [0.15, 0.2) is 11.4 Å². The van der Waals surface area contributed by atoms with Gasteiger partial charge in [0, 0.05) is 20.6 Å². The molecule has 0 amide bonds. The first-order valence-corrected chi connectivity index (χ1v) is 7.98. The first-order chi connectivity index (χ1) is 11.4. The van der Waals surface area contributed by atoms with Gasteiger partial charge < -0.3 is 5.11 Å². The summed E-state index contributed by atoms with van der Waals surface area (Å²) in [5.41, 5.74) is -3.83. The highest BCUT2D eigenvalue weighted by atomic mass is 35.5. The molecule has 0 aliphatic rings. The van der Waals surface area contributed by atoms with Crippen LogP contribution in [0.3, 0.4) is 0 Å². The zero-order valence-electron chi connectivity index (χ0n) is 12.5. The molecule has 0 aromatic heterocycles. The lowest BCUT2D eigenvalue weighted by Crippen LogP contribution is -2.44. The quantitative estimate of drug-likeness (QED) is 0.642. The minimum Gasteiger partial charge on any atom is -0.376 e. The van der Waals surface area contributed by atoms with Crippen LogP contribution in [0.5, 0.6) is 0 Å². The normalized spacial score (nSPS) is 14.2. The maximum atomic E-state index is 13.6. The van der Waals surface area contributed by atoms with Gasteiger partial charge in [0.25, 0.3) is 0 Å². The molecular weight excluding hydrogens is 400 g/mol. The fraction of sp³-hybridized carbons (Fsp3) is 0.176. The summed E-state index contributed by atoms with van der Waals surface area (Å²) in [6, 6.07) is 6.93. The Bertz CT molecular complexity index is 801. The topological polar surface area (TPSA) is 37.3 Å². The van der Waals surface area contributed by atoms with Crippen LogP contribution in [0.15, 0.2) is 36.4 Å². The predicted octanol–water partition coefficient (Wildman–Crippen LogP) is 5.85. The number of rotatable bonds is 4. The van der Waals surface area contributed by atoms with Gasteiger partial charge in [-0.25, -0.2) is 0 Å². The van der Waals surface area contributed by atoms with Gasteiger partial charge in [-0.3, -0.25) is 4.79 Å². The molecular formula is C17H11Cl3F3O2. The highest BCUT2D eigenvalue weighted by Gasteiger charge is 2.56. The summed E-state index contributed by atoms with van der Waals surface area (Å²) in [5, 5.41) is 10.4. The maximum absolute atomic E-state index is 13.6. The summed E-state index contributed by atoms with van der Waals surface area (Å²) in [7, 11) is 0. The van der Waals surface area contributed by atoms with Crippen molar-refractivity contribution in [3.05, 3.63) is 75.1 Å². The van der Waals surface area contributed by atoms with Gasteiger partial charge in [0.1, 0.15) is 0 Å². The molecule has 0 saturated carbocycles. The second kappa shape index (κ2) is 7.16. The molecule has 2 aromatic rings. The summed E-state index contributed by atoms with van der Waals surface area (Å²) in [6.07, 6.45) is -6.37. The van der Waals surface area contributed by atoms with E-state index >= 15 is 0 Å². The zero-order chi connectivity index (χ0) is 19.0. The summed E-state index contributed by atoms with van der Waals surface area (Å²) in [6.45, 7) is 3.59. The molecule has 0 spiro atoms. The molecule has 1 atom stereocenters. The summed E-state index contributed by atoms with van der Waals surface area (Å²) in [4.78, 5) is 12.3. The monoisotopic (exact) mass is 409 g/mol. The number of carbonyl (C=O) groups excluding carboxylic acids is 1. The van der Waals surface area contributed by atoms with E-state index in [1.807, 2.05) is 0 Å². The molecule has 1 unspecified atom stereocenters. The van der Waals surface area contributed by atoms with Gasteiger partial charge in [-0.1, -0.05) is 34.8 Å². The Morgan fingerprint density at radius 1 is 1.04 bits per heavy atom. The van der Waals surface area contributed by atoms with Crippen LogP contribution in [0.25, 0.3) is 0 Å². The second-order valence-corrected chi connectivity index (χ2v) is 6.70. The predicted molar refractivity (Wildman–Crippen MR) is 91.3 cm³/mol. The molecule has 1 radical (unpaired) electrons. The van der Waals surface area contributed by atoms with Crippen molar-refractivity contribution in [3.63, 3.8) is 0 Å². The van der Waals surface area contributed by atoms with E-state index in [0.717, 1.165) is 12.1 Å². The fourth-order valence-electron chi connectivity index (χ4n) is 2.24. The van der Waals surface area contributed by atoms with Gasteiger partial charge in [-0.05, 0) is 54.4 Å². The van der Waals surface area contributed by atoms with Gasteiger partial charge in [0.2, 0.25) is 0 Å². The van der Waals surface area contributed by atoms with Crippen molar-refractivity contribution in [2.75, 3.05) is 0 Å². The highest BCUT2D eigenvalue weighted by molar-refractivity contribution is 6.34. The van der Waals surface area contributed by atoms with Crippen molar-refractivity contribution in [2.24, 2.45) is 0 Å². The van der Waals surface area contributed by atoms with E-state index in [-0.39, 0.29) is 26.2 Å². The molecule has 0 saturated heterocycles. The number of alkyl halides is 3. The van der Waals surface area contributed by atoms with E-state index in [0.29, 0.717) is 0 Å². The number of aliphatic hydroxyl groups is 1. The fourth-order valence-corrected chi connectivity index (χ4v) is 2.88. The van der Waals surface area contributed by atoms with Crippen LogP contribution in [-0.4, -0.2) is 17.1 Å². The molecule has 0 bridgehead atoms. The molecule has 25 heavy (non-hydrogen) atoms. The zero-order valence-corrected chi connectivity index (χ0v) is 14.8. The van der Waals surface area contributed by atoms with E-state index in [1.165, 1.54) is 24.3 Å². The van der Waals surface area contributed by atoms with Gasteiger partial charge >= 0.3 is 6.18 Å². The number of hydrogen-bond acceptors (Lipinski definition) is 2. The number of hydrogen-bond donors (Lipinski definition) is 1. The van der Waals surface area contributed by atoms with E-state index in [2.05, 4.69) is 6.92 Å².